The smallest absolute Gasteiger partial charge is 0.123 e. The Bertz CT molecular complexity index is 477. The van der Waals surface area contributed by atoms with Gasteiger partial charge in [0.1, 0.15) is 5.75 Å². The molecule has 0 heterocycles. The molecule has 0 unspecified atom stereocenters. The highest BCUT2D eigenvalue weighted by Gasteiger charge is 2.02. The van der Waals surface area contributed by atoms with E-state index in [0.717, 1.165) is 17.7 Å². The van der Waals surface area contributed by atoms with Gasteiger partial charge in [0.15, 0.2) is 0 Å². The Morgan fingerprint density at radius 1 is 1.12 bits per heavy atom. The van der Waals surface area contributed by atoms with Crippen molar-refractivity contribution in [2.45, 2.75) is 13.0 Å². The van der Waals surface area contributed by atoms with Gasteiger partial charge in [-0.2, -0.15) is 0 Å². The Kier molecular flexibility index (Phi) is 3.78. The average molecular weight is 226 g/mol. The zero-order valence-electron chi connectivity index (χ0n) is 9.94. The molecular formula is C15H16NO. The van der Waals surface area contributed by atoms with Crippen LogP contribution < -0.4 is 10.5 Å². The third-order valence-electron chi connectivity index (χ3n) is 2.78. The van der Waals surface area contributed by atoms with Crippen LogP contribution in [0.3, 0.4) is 0 Å². The van der Waals surface area contributed by atoms with E-state index in [9.17, 15) is 0 Å². The van der Waals surface area contributed by atoms with Gasteiger partial charge in [0.25, 0.3) is 0 Å². The summed E-state index contributed by atoms with van der Waals surface area (Å²) in [7, 11) is 1.68. The van der Waals surface area contributed by atoms with Gasteiger partial charge in [-0.15, -0.1) is 0 Å². The molecule has 0 aromatic heterocycles. The van der Waals surface area contributed by atoms with Crippen LogP contribution in [0.4, 0.5) is 0 Å². The normalized spacial score (nSPS) is 10.2. The second kappa shape index (κ2) is 5.51. The van der Waals surface area contributed by atoms with Crippen molar-refractivity contribution in [2.24, 2.45) is 5.73 Å². The van der Waals surface area contributed by atoms with Crippen LogP contribution in [0.25, 0.3) is 0 Å². The first kappa shape index (κ1) is 11.7. The molecule has 1 radical (unpaired) electrons. The zero-order chi connectivity index (χ0) is 12.1. The summed E-state index contributed by atoms with van der Waals surface area (Å²) in [4.78, 5) is 0. The fraction of sp³-hybridized carbons (Fsp3) is 0.200. The van der Waals surface area contributed by atoms with Crippen LogP contribution in [0.1, 0.15) is 16.7 Å². The Balaban J connectivity index is 2.19. The largest absolute Gasteiger partial charge is 0.496 e. The van der Waals surface area contributed by atoms with E-state index in [-0.39, 0.29) is 0 Å². The standard InChI is InChI=1S/C15H16NO/c1-17-15-5-3-2-4-14(15)10-12-6-8-13(11-16)9-7-12/h2,4-9H,10-11,16H2,1H3. The van der Waals surface area contributed by atoms with Gasteiger partial charge in [-0.05, 0) is 28.8 Å². The van der Waals surface area contributed by atoms with Crippen molar-refractivity contribution in [1.29, 1.82) is 0 Å². The molecule has 0 amide bonds. The van der Waals surface area contributed by atoms with Gasteiger partial charge in [-0.1, -0.05) is 36.4 Å². The molecule has 2 aromatic rings. The van der Waals surface area contributed by atoms with E-state index in [4.69, 9.17) is 10.5 Å². The van der Waals surface area contributed by atoms with Gasteiger partial charge >= 0.3 is 0 Å². The second-order valence-electron chi connectivity index (χ2n) is 3.94. The fourth-order valence-corrected chi connectivity index (χ4v) is 1.80. The van der Waals surface area contributed by atoms with Crippen LogP contribution in [0.15, 0.2) is 42.5 Å². The lowest BCUT2D eigenvalue weighted by Gasteiger charge is -2.08. The summed E-state index contributed by atoms with van der Waals surface area (Å²) in [6, 6.07) is 17.2. The zero-order valence-corrected chi connectivity index (χ0v) is 9.94. The molecule has 2 rings (SSSR count). The molecule has 0 aliphatic rings. The molecule has 2 N–H and O–H groups in total. The minimum absolute atomic E-state index is 0.587. The molecule has 0 aliphatic heterocycles. The van der Waals surface area contributed by atoms with E-state index >= 15 is 0 Å². The van der Waals surface area contributed by atoms with Crippen LogP contribution in [0.2, 0.25) is 0 Å². The highest BCUT2D eigenvalue weighted by Crippen LogP contribution is 2.20. The van der Waals surface area contributed by atoms with Crippen molar-refractivity contribution in [3.8, 4) is 5.75 Å². The third kappa shape index (κ3) is 2.86. The van der Waals surface area contributed by atoms with Crippen molar-refractivity contribution in [1.82, 2.24) is 0 Å². The van der Waals surface area contributed by atoms with Gasteiger partial charge < -0.3 is 10.5 Å². The molecule has 2 aromatic carbocycles. The van der Waals surface area contributed by atoms with Gasteiger partial charge in [0, 0.05) is 13.0 Å². The van der Waals surface area contributed by atoms with Crippen LogP contribution in [0, 0.1) is 6.07 Å². The molecule has 0 saturated heterocycles. The maximum absolute atomic E-state index is 5.57. The molecule has 0 atom stereocenters. The van der Waals surface area contributed by atoms with Crippen molar-refractivity contribution in [3.63, 3.8) is 0 Å². The minimum atomic E-state index is 0.587. The molecule has 0 aliphatic carbocycles. The summed E-state index contributed by atoms with van der Waals surface area (Å²) < 4.78 is 5.31. The van der Waals surface area contributed by atoms with E-state index in [0.29, 0.717) is 6.54 Å². The van der Waals surface area contributed by atoms with Crippen molar-refractivity contribution in [2.75, 3.05) is 7.11 Å². The van der Waals surface area contributed by atoms with Crippen molar-refractivity contribution in [3.05, 3.63) is 65.2 Å². The lowest BCUT2D eigenvalue weighted by molar-refractivity contribution is 0.410. The van der Waals surface area contributed by atoms with Gasteiger partial charge in [-0.3, -0.25) is 0 Å². The number of hydrogen-bond donors (Lipinski definition) is 1. The van der Waals surface area contributed by atoms with E-state index < -0.39 is 0 Å². The number of rotatable bonds is 4. The molecule has 87 valence electrons. The maximum Gasteiger partial charge on any atom is 0.123 e. The lowest BCUT2D eigenvalue weighted by Crippen LogP contribution is -1.97. The number of nitrogens with two attached hydrogens (primary N) is 1. The topological polar surface area (TPSA) is 35.2 Å². The highest BCUT2D eigenvalue weighted by molar-refractivity contribution is 5.37. The first-order chi connectivity index (χ1) is 8.33. The molecule has 0 fully saturated rings. The van der Waals surface area contributed by atoms with Crippen molar-refractivity contribution < 1.29 is 4.74 Å². The Morgan fingerprint density at radius 2 is 1.82 bits per heavy atom. The Labute approximate surface area is 102 Å². The van der Waals surface area contributed by atoms with Crippen LogP contribution in [-0.4, -0.2) is 7.11 Å². The first-order valence-electron chi connectivity index (χ1n) is 5.64. The monoisotopic (exact) mass is 226 g/mol. The van der Waals surface area contributed by atoms with E-state index in [1.165, 1.54) is 11.1 Å². The molecule has 2 nitrogen and oxygen atoms in total. The quantitative estimate of drug-likeness (QED) is 0.869. The third-order valence-corrected chi connectivity index (χ3v) is 2.78. The number of hydrogen-bond acceptors (Lipinski definition) is 2. The molecule has 0 spiro atoms. The maximum atomic E-state index is 5.57. The van der Waals surface area contributed by atoms with Crippen molar-refractivity contribution >= 4 is 0 Å². The van der Waals surface area contributed by atoms with Gasteiger partial charge in [0.05, 0.1) is 7.11 Å². The predicted octanol–water partition coefficient (Wildman–Crippen LogP) is 2.54. The predicted molar refractivity (Wildman–Crippen MR) is 69.0 cm³/mol. The summed E-state index contributed by atoms with van der Waals surface area (Å²) in [5.41, 5.74) is 9.16. The number of methoxy groups -OCH3 is 1. The van der Waals surface area contributed by atoms with Gasteiger partial charge in [0.2, 0.25) is 0 Å². The average Bonchev–Trinajstić information content (AvgIpc) is 2.40. The van der Waals surface area contributed by atoms with E-state index in [1.54, 1.807) is 7.11 Å². The Morgan fingerprint density at radius 3 is 2.47 bits per heavy atom. The molecular weight excluding hydrogens is 210 g/mol. The summed E-state index contributed by atoms with van der Waals surface area (Å²) in [5.74, 6) is 0.885. The summed E-state index contributed by atoms with van der Waals surface area (Å²) in [6.07, 6.45) is 0.864. The SMILES string of the molecule is COc1c[c]ccc1Cc1ccc(CN)cc1. The summed E-state index contributed by atoms with van der Waals surface area (Å²) in [6.45, 7) is 0.587. The lowest BCUT2D eigenvalue weighted by atomic mass is 10.0. The van der Waals surface area contributed by atoms with Crippen LogP contribution in [-0.2, 0) is 13.0 Å². The number of ether oxygens (including phenoxy) is 1. The molecule has 0 bridgehead atoms. The molecule has 2 heteroatoms. The summed E-state index contributed by atoms with van der Waals surface area (Å²) >= 11 is 0. The number of benzene rings is 2. The van der Waals surface area contributed by atoms with Gasteiger partial charge in [-0.25, -0.2) is 0 Å². The molecule has 0 saturated carbocycles. The highest BCUT2D eigenvalue weighted by atomic mass is 16.5. The van der Waals surface area contributed by atoms with Crippen LogP contribution >= 0.6 is 0 Å². The van der Waals surface area contributed by atoms with E-state index in [2.05, 4.69) is 30.3 Å². The van der Waals surface area contributed by atoms with Crippen LogP contribution in [0.5, 0.6) is 5.75 Å². The van der Waals surface area contributed by atoms with E-state index in [1.807, 2.05) is 18.2 Å². The minimum Gasteiger partial charge on any atom is -0.496 e. The summed E-state index contributed by atoms with van der Waals surface area (Å²) in [5, 5.41) is 0. The second-order valence-corrected chi connectivity index (χ2v) is 3.94. The Hall–Kier alpha value is -1.80. The molecule has 17 heavy (non-hydrogen) atoms. The fourth-order valence-electron chi connectivity index (χ4n) is 1.80. The first-order valence-corrected chi connectivity index (χ1v) is 5.64.